The van der Waals surface area contributed by atoms with E-state index in [1.807, 2.05) is 0 Å². The number of amides is 1. The molecule has 1 aliphatic rings. The molecule has 17 heavy (non-hydrogen) atoms. The van der Waals surface area contributed by atoms with Crippen molar-refractivity contribution in [3.63, 3.8) is 0 Å². The first kappa shape index (κ1) is 15.4. The molecule has 0 saturated heterocycles. The van der Waals surface area contributed by atoms with E-state index in [1.165, 1.54) is 0 Å². The van der Waals surface area contributed by atoms with Crippen LogP contribution in [0.3, 0.4) is 0 Å². The fourth-order valence-corrected chi connectivity index (χ4v) is 3.00. The van der Waals surface area contributed by atoms with Gasteiger partial charge in [0.25, 0.3) is 0 Å². The molecular formula is C11H19Cl2NO2S. The van der Waals surface area contributed by atoms with Crippen molar-refractivity contribution < 1.29 is 9.90 Å². The van der Waals surface area contributed by atoms with E-state index < -0.39 is 15.3 Å². The van der Waals surface area contributed by atoms with Gasteiger partial charge >= 0.3 is 0 Å². The minimum absolute atomic E-state index is 0.0913. The molecule has 1 saturated carbocycles. The molecule has 1 amide bonds. The van der Waals surface area contributed by atoms with E-state index >= 15 is 0 Å². The van der Waals surface area contributed by atoms with E-state index in [2.05, 4.69) is 5.32 Å². The molecule has 0 unspecified atom stereocenters. The second-order valence-corrected chi connectivity index (χ2v) is 7.92. The first-order valence-corrected chi connectivity index (χ1v) is 7.46. The fraction of sp³-hybridized carbons (Fsp3) is 0.909. The van der Waals surface area contributed by atoms with Gasteiger partial charge in [0.15, 0.2) is 0 Å². The van der Waals surface area contributed by atoms with E-state index in [-0.39, 0.29) is 5.91 Å². The molecule has 0 aromatic heterocycles. The lowest BCUT2D eigenvalue weighted by atomic mass is 10.1. The van der Waals surface area contributed by atoms with Crippen molar-refractivity contribution in [1.29, 1.82) is 0 Å². The van der Waals surface area contributed by atoms with Gasteiger partial charge in [0.1, 0.15) is 4.33 Å². The standard InChI is InChI=1S/C11H19Cl2NO2S/c1-9(2,16)7-17-5-4-14-8(15)10(3)6-11(10,12)13/h16H,4-7H2,1-3H3,(H,14,15)/t10-/m1/s1. The van der Waals surface area contributed by atoms with Crippen molar-refractivity contribution in [2.75, 3.05) is 18.1 Å². The lowest BCUT2D eigenvalue weighted by Crippen LogP contribution is -2.35. The maximum Gasteiger partial charge on any atom is 0.229 e. The maximum absolute atomic E-state index is 11.8. The van der Waals surface area contributed by atoms with Gasteiger partial charge in [-0.15, -0.1) is 23.2 Å². The zero-order chi connectivity index (χ0) is 13.3. The van der Waals surface area contributed by atoms with E-state index in [9.17, 15) is 9.90 Å². The number of aliphatic hydroxyl groups is 1. The molecule has 1 atom stereocenters. The molecule has 2 N–H and O–H groups in total. The highest BCUT2D eigenvalue weighted by molar-refractivity contribution is 7.99. The Balaban J connectivity index is 2.15. The number of hydrogen-bond donors (Lipinski definition) is 2. The van der Waals surface area contributed by atoms with Crippen molar-refractivity contribution in [3.05, 3.63) is 0 Å². The topological polar surface area (TPSA) is 49.3 Å². The zero-order valence-electron chi connectivity index (χ0n) is 10.3. The summed E-state index contributed by atoms with van der Waals surface area (Å²) in [6.07, 6.45) is 0.506. The summed E-state index contributed by atoms with van der Waals surface area (Å²) in [7, 11) is 0. The molecule has 1 aliphatic carbocycles. The van der Waals surface area contributed by atoms with Gasteiger partial charge in [-0.2, -0.15) is 11.8 Å². The Bertz CT molecular complexity index is 304. The van der Waals surface area contributed by atoms with Crippen LogP contribution in [0.2, 0.25) is 0 Å². The number of nitrogens with one attached hydrogen (secondary N) is 1. The van der Waals surface area contributed by atoms with Gasteiger partial charge in [-0.3, -0.25) is 4.79 Å². The van der Waals surface area contributed by atoms with Crippen LogP contribution < -0.4 is 5.32 Å². The molecule has 100 valence electrons. The Kier molecular flexibility index (Phi) is 4.68. The van der Waals surface area contributed by atoms with Gasteiger partial charge < -0.3 is 10.4 Å². The second-order valence-electron chi connectivity index (χ2n) is 5.33. The Labute approximate surface area is 117 Å². The summed E-state index contributed by atoms with van der Waals surface area (Å²) in [6, 6.07) is 0. The predicted molar refractivity (Wildman–Crippen MR) is 73.8 cm³/mol. The monoisotopic (exact) mass is 299 g/mol. The number of thioether (sulfide) groups is 1. The van der Waals surface area contributed by atoms with Crippen LogP contribution in [0, 0.1) is 5.41 Å². The summed E-state index contributed by atoms with van der Waals surface area (Å²) in [6.45, 7) is 5.86. The minimum atomic E-state index is -0.905. The van der Waals surface area contributed by atoms with Gasteiger partial charge in [-0.25, -0.2) is 0 Å². The molecule has 0 heterocycles. The summed E-state index contributed by atoms with van der Waals surface area (Å²) in [5.74, 6) is 1.32. The Morgan fingerprint density at radius 1 is 1.53 bits per heavy atom. The summed E-state index contributed by atoms with van der Waals surface area (Å²) in [5, 5.41) is 12.3. The molecule has 1 fully saturated rings. The third-order valence-corrected chi connectivity index (χ3v) is 5.25. The first-order valence-electron chi connectivity index (χ1n) is 5.55. The third kappa shape index (κ3) is 4.19. The molecule has 0 bridgehead atoms. The summed E-state index contributed by atoms with van der Waals surface area (Å²) in [5.41, 5.74) is -1.31. The average Bonchev–Trinajstić information content (AvgIpc) is 2.64. The predicted octanol–water partition coefficient (Wildman–Crippen LogP) is 2.19. The number of hydrogen-bond acceptors (Lipinski definition) is 3. The number of halogens is 2. The Morgan fingerprint density at radius 2 is 2.06 bits per heavy atom. The average molecular weight is 300 g/mol. The highest BCUT2D eigenvalue weighted by Gasteiger charge is 2.67. The molecule has 6 heteroatoms. The first-order chi connectivity index (χ1) is 7.58. The Morgan fingerprint density at radius 3 is 2.47 bits per heavy atom. The van der Waals surface area contributed by atoms with Crippen molar-refractivity contribution in [1.82, 2.24) is 5.32 Å². The molecule has 3 nitrogen and oxygen atoms in total. The van der Waals surface area contributed by atoms with E-state index in [1.54, 1.807) is 32.5 Å². The quantitative estimate of drug-likeness (QED) is 0.584. The fourth-order valence-electron chi connectivity index (χ4n) is 1.40. The second kappa shape index (κ2) is 5.16. The number of carbonyl (C=O) groups is 1. The molecule has 0 aromatic carbocycles. The molecule has 1 rings (SSSR count). The molecular weight excluding hydrogens is 281 g/mol. The third-order valence-electron chi connectivity index (χ3n) is 2.75. The zero-order valence-corrected chi connectivity index (χ0v) is 12.7. The number of alkyl halides is 2. The summed E-state index contributed by atoms with van der Waals surface area (Å²) in [4.78, 5) is 11.8. The van der Waals surface area contributed by atoms with E-state index in [0.717, 1.165) is 5.75 Å². The highest BCUT2D eigenvalue weighted by Crippen LogP contribution is 2.63. The van der Waals surface area contributed by atoms with Gasteiger partial charge in [0.2, 0.25) is 5.91 Å². The Hall–Kier alpha value is 0.360. The molecule has 0 radical (unpaired) electrons. The van der Waals surface area contributed by atoms with Gasteiger partial charge in [0.05, 0.1) is 11.0 Å². The van der Waals surface area contributed by atoms with Crippen LogP contribution in [0.15, 0.2) is 0 Å². The van der Waals surface area contributed by atoms with Crippen molar-refractivity contribution in [2.24, 2.45) is 5.41 Å². The highest BCUT2D eigenvalue weighted by atomic mass is 35.5. The normalized spacial score (nSPS) is 26.7. The van der Waals surface area contributed by atoms with Crippen LogP contribution >= 0.6 is 35.0 Å². The van der Waals surface area contributed by atoms with Crippen LogP contribution in [-0.4, -0.2) is 39.0 Å². The molecule has 0 aliphatic heterocycles. The van der Waals surface area contributed by atoms with E-state index in [4.69, 9.17) is 23.2 Å². The van der Waals surface area contributed by atoms with Crippen molar-refractivity contribution in [3.8, 4) is 0 Å². The lowest BCUT2D eigenvalue weighted by Gasteiger charge is -2.16. The molecule has 0 spiro atoms. The largest absolute Gasteiger partial charge is 0.390 e. The van der Waals surface area contributed by atoms with Gasteiger partial charge in [-0.05, 0) is 27.2 Å². The SMILES string of the molecule is CC(C)(O)CSCCNC(=O)[C@@]1(C)CC1(Cl)Cl. The number of carbonyl (C=O) groups excluding carboxylic acids is 1. The van der Waals surface area contributed by atoms with Crippen molar-refractivity contribution >= 4 is 40.9 Å². The van der Waals surface area contributed by atoms with Crippen molar-refractivity contribution in [2.45, 2.75) is 37.1 Å². The van der Waals surface area contributed by atoms with Crippen LogP contribution in [0.5, 0.6) is 0 Å². The number of rotatable bonds is 6. The van der Waals surface area contributed by atoms with Crippen LogP contribution in [0.4, 0.5) is 0 Å². The van der Waals surface area contributed by atoms with Gasteiger partial charge in [0, 0.05) is 18.1 Å². The minimum Gasteiger partial charge on any atom is -0.390 e. The molecule has 0 aromatic rings. The van der Waals surface area contributed by atoms with E-state index in [0.29, 0.717) is 18.7 Å². The van der Waals surface area contributed by atoms with Crippen LogP contribution in [-0.2, 0) is 4.79 Å². The van der Waals surface area contributed by atoms with Gasteiger partial charge in [-0.1, -0.05) is 0 Å². The van der Waals surface area contributed by atoms with Crippen LogP contribution in [0.25, 0.3) is 0 Å². The smallest absolute Gasteiger partial charge is 0.229 e. The maximum atomic E-state index is 11.8. The summed E-state index contributed by atoms with van der Waals surface area (Å²) >= 11 is 13.4. The summed E-state index contributed by atoms with van der Waals surface area (Å²) < 4.78 is -0.905. The lowest BCUT2D eigenvalue weighted by molar-refractivity contribution is -0.125. The van der Waals surface area contributed by atoms with Crippen LogP contribution in [0.1, 0.15) is 27.2 Å².